The number of carbonyl (C=O) groups is 2. The fourth-order valence-corrected chi connectivity index (χ4v) is 2.12. The normalized spacial score (nSPS) is 12.6. The Hall–Kier alpha value is -2.37. The number of imidazole rings is 1. The number of aromatic nitrogens is 2. The van der Waals surface area contributed by atoms with Gasteiger partial charge < -0.3 is 14.8 Å². The largest absolute Gasteiger partial charge is 0.480 e. The molecule has 6 nitrogen and oxygen atoms in total. The minimum atomic E-state index is -1.02. The van der Waals surface area contributed by atoms with E-state index in [1.165, 1.54) is 0 Å². The smallest absolute Gasteiger partial charge is 0.326 e. The number of aryl methyl sites for hydroxylation is 1. The Labute approximate surface area is 122 Å². The predicted octanol–water partition coefficient (Wildman–Crippen LogP) is 1.41. The summed E-state index contributed by atoms with van der Waals surface area (Å²) in [6, 6.07) is 3.00. The van der Waals surface area contributed by atoms with Gasteiger partial charge in [-0.25, -0.2) is 9.78 Å². The van der Waals surface area contributed by atoms with Crippen LogP contribution in [0.2, 0.25) is 0 Å². The highest BCUT2D eigenvalue weighted by Crippen LogP contribution is 2.09. The average Bonchev–Trinajstić information content (AvgIpc) is 2.76. The molecular weight excluding hydrogens is 270 g/mol. The molecule has 0 aliphatic carbocycles. The molecule has 0 aromatic carbocycles. The van der Waals surface area contributed by atoms with Crippen LogP contribution in [0.5, 0.6) is 0 Å². The van der Waals surface area contributed by atoms with Crippen molar-refractivity contribution in [3.05, 3.63) is 35.8 Å². The molecule has 1 amide bonds. The number of fused-ring (bicyclic) bond motifs is 1. The molecule has 0 aliphatic rings. The van der Waals surface area contributed by atoms with Crippen LogP contribution in [-0.2, 0) is 16.0 Å². The summed E-state index contributed by atoms with van der Waals surface area (Å²) in [6.07, 6.45) is 3.73. The van der Waals surface area contributed by atoms with Gasteiger partial charge in [0.25, 0.3) is 0 Å². The molecule has 0 aliphatic heterocycles. The third-order valence-electron chi connectivity index (χ3n) is 3.26. The summed E-state index contributed by atoms with van der Waals surface area (Å²) < 4.78 is 1.84. The van der Waals surface area contributed by atoms with E-state index >= 15 is 0 Å². The van der Waals surface area contributed by atoms with Crippen molar-refractivity contribution in [2.45, 2.75) is 33.2 Å². The molecule has 0 saturated heterocycles. The van der Waals surface area contributed by atoms with Crippen LogP contribution in [0.3, 0.4) is 0 Å². The number of carboxylic acid groups (broad SMARTS) is 1. The predicted molar refractivity (Wildman–Crippen MR) is 78.0 cm³/mol. The average molecular weight is 289 g/mol. The summed E-state index contributed by atoms with van der Waals surface area (Å²) in [5, 5.41) is 11.6. The standard InChI is InChI=1S/C15H19N3O3/c1-9(2)14(15(20)21)17-13(19)7-11-8-18-5-4-10(3)6-12(18)16-11/h4-6,8-9,14H,7H2,1-3H3,(H,17,19)(H,20,21). The Morgan fingerprint density at radius 2 is 2.14 bits per heavy atom. The summed E-state index contributed by atoms with van der Waals surface area (Å²) in [5.74, 6) is -1.53. The van der Waals surface area contributed by atoms with Gasteiger partial charge in [0.05, 0.1) is 12.1 Å². The third-order valence-corrected chi connectivity index (χ3v) is 3.26. The van der Waals surface area contributed by atoms with Gasteiger partial charge in [-0.3, -0.25) is 4.79 Å². The first-order valence-electron chi connectivity index (χ1n) is 6.83. The first-order chi connectivity index (χ1) is 9.86. The van der Waals surface area contributed by atoms with E-state index < -0.39 is 12.0 Å². The summed E-state index contributed by atoms with van der Waals surface area (Å²) >= 11 is 0. The van der Waals surface area contributed by atoms with Gasteiger partial charge in [0.1, 0.15) is 11.7 Å². The molecule has 2 N–H and O–H groups in total. The maximum atomic E-state index is 12.0. The molecule has 1 atom stereocenters. The van der Waals surface area contributed by atoms with E-state index in [1.807, 2.05) is 29.7 Å². The molecule has 0 fully saturated rings. The zero-order valence-electron chi connectivity index (χ0n) is 12.3. The van der Waals surface area contributed by atoms with E-state index in [9.17, 15) is 9.59 Å². The van der Waals surface area contributed by atoms with Gasteiger partial charge in [-0.05, 0) is 30.5 Å². The summed E-state index contributed by atoms with van der Waals surface area (Å²) in [4.78, 5) is 27.4. The minimum absolute atomic E-state index is 0.0667. The number of hydrogen-bond donors (Lipinski definition) is 2. The zero-order valence-corrected chi connectivity index (χ0v) is 12.3. The highest BCUT2D eigenvalue weighted by molar-refractivity contribution is 5.84. The van der Waals surface area contributed by atoms with E-state index in [-0.39, 0.29) is 18.2 Å². The van der Waals surface area contributed by atoms with Crippen molar-refractivity contribution < 1.29 is 14.7 Å². The van der Waals surface area contributed by atoms with Crippen molar-refractivity contribution in [2.24, 2.45) is 5.92 Å². The molecule has 0 bridgehead atoms. The number of amides is 1. The first-order valence-corrected chi connectivity index (χ1v) is 6.83. The molecule has 1 unspecified atom stereocenters. The van der Waals surface area contributed by atoms with Gasteiger partial charge in [-0.1, -0.05) is 13.8 Å². The second-order valence-corrected chi connectivity index (χ2v) is 5.51. The number of carboxylic acids is 1. The van der Waals surface area contributed by atoms with Gasteiger partial charge in [0.15, 0.2) is 0 Å². The second-order valence-electron chi connectivity index (χ2n) is 5.51. The van der Waals surface area contributed by atoms with Crippen LogP contribution in [-0.4, -0.2) is 32.4 Å². The van der Waals surface area contributed by atoms with Crippen molar-refractivity contribution >= 4 is 17.5 Å². The molecule has 112 valence electrons. The molecular formula is C15H19N3O3. The lowest BCUT2D eigenvalue weighted by atomic mass is 10.0. The fraction of sp³-hybridized carbons (Fsp3) is 0.400. The molecule has 2 aromatic rings. The van der Waals surface area contributed by atoms with Crippen molar-refractivity contribution in [3.8, 4) is 0 Å². The van der Waals surface area contributed by atoms with E-state index in [0.29, 0.717) is 5.69 Å². The monoisotopic (exact) mass is 289 g/mol. The number of aliphatic carboxylic acids is 1. The number of carbonyl (C=O) groups excluding carboxylic acids is 1. The summed E-state index contributed by atoms with van der Waals surface area (Å²) in [7, 11) is 0. The SMILES string of the molecule is Cc1ccn2cc(CC(=O)NC(C(=O)O)C(C)C)nc2c1. The molecule has 2 aromatic heterocycles. The molecule has 0 saturated carbocycles. The number of nitrogens with zero attached hydrogens (tertiary/aromatic N) is 2. The Morgan fingerprint density at radius 3 is 2.76 bits per heavy atom. The van der Waals surface area contributed by atoms with E-state index in [1.54, 1.807) is 20.0 Å². The number of pyridine rings is 1. The summed E-state index contributed by atoms with van der Waals surface area (Å²) in [5.41, 5.74) is 2.48. The minimum Gasteiger partial charge on any atom is -0.480 e. The molecule has 21 heavy (non-hydrogen) atoms. The Morgan fingerprint density at radius 1 is 1.43 bits per heavy atom. The lowest BCUT2D eigenvalue weighted by molar-refractivity contribution is -0.143. The van der Waals surface area contributed by atoms with Crippen LogP contribution in [0.1, 0.15) is 25.1 Å². The van der Waals surface area contributed by atoms with E-state index in [0.717, 1.165) is 11.2 Å². The number of rotatable bonds is 5. The number of nitrogens with one attached hydrogen (secondary N) is 1. The molecule has 0 radical (unpaired) electrons. The molecule has 2 rings (SSSR count). The van der Waals surface area contributed by atoms with Gasteiger partial charge in [-0.2, -0.15) is 0 Å². The zero-order chi connectivity index (χ0) is 15.6. The van der Waals surface area contributed by atoms with Crippen molar-refractivity contribution in [1.29, 1.82) is 0 Å². The molecule has 6 heteroatoms. The van der Waals surface area contributed by atoms with E-state index in [2.05, 4.69) is 10.3 Å². The lowest BCUT2D eigenvalue weighted by Gasteiger charge is -2.17. The highest BCUT2D eigenvalue weighted by Gasteiger charge is 2.23. The highest BCUT2D eigenvalue weighted by atomic mass is 16.4. The Balaban J connectivity index is 2.09. The lowest BCUT2D eigenvalue weighted by Crippen LogP contribution is -2.44. The maximum absolute atomic E-state index is 12.0. The Bertz CT molecular complexity index is 676. The van der Waals surface area contributed by atoms with Crippen LogP contribution in [0.25, 0.3) is 5.65 Å². The van der Waals surface area contributed by atoms with Gasteiger partial charge in [-0.15, -0.1) is 0 Å². The van der Waals surface area contributed by atoms with Crippen LogP contribution in [0.4, 0.5) is 0 Å². The molecule has 0 spiro atoms. The van der Waals surface area contributed by atoms with Crippen molar-refractivity contribution in [3.63, 3.8) is 0 Å². The quantitative estimate of drug-likeness (QED) is 0.871. The van der Waals surface area contributed by atoms with Crippen LogP contribution in [0.15, 0.2) is 24.5 Å². The van der Waals surface area contributed by atoms with Crippen LogP contribution >= 0.6 is 0 Å². The van der Waals surface area contributed by atoms with Crippen LogP contribution < -0.4 is 5.32 Å². The van der Waals surface area contributed by atoms with E-state index in [4.69, 9.17) is 5.11 Å². The third kappa shape index (κ3) is 3.59. The van der Waals surface area contributed by atoms with Crippen molar-refractivity contribution in [2.75, 3.05) is 0 Å². The van der Waals surface area contributed by atoms with Gasteiger partial charge >= 0.3 is 5.97 Å². The van der Waals surface area contributed by atoms with Crippen molar-refractivity contribution in [1.82, 2.24) is 14.7 Å². The number of hydrogen-bond acceptors (Lipinski definition) is 3. The topological polar surface area (TPSA) is 83.7 Å². The summed E-state index contributed by atoms with van der Waals surface area (Å²) in [6.45, 7) is 5.49. The van der Waals surface area contributed by atoms with Crippen LogP contribution in [0, 0.1) is 12.8 Å². The fourth-order valence-electron chi connectivity index (χ4n) is 2.12. The Kier molecular flexibility index (Phi) is 4.26. The molecule has 2 heterocycles. The van der Waals surface area contributed by atoms with Gasteiger partial charge in [0.2, 0.25) is 5.91 Å². The first kappa shape index (κ1) is 15.0. The maximum Gasteiger partial charge on any atom is 0.326 e. The van der Waals surface area contributed by atoms with Gasteiger partial charge in [0, 0.05) is 12.4 Å². The second kappa shape index (κ2) is 5.95.